The fourth-order valence-corrected chi connectivity index (χ4v) is 1.66. The molecule has 0 saturated carbocycles. The van der Waals surface area contributed by atoms with E-state index in [1.165, 1.54) is 64.6 Å². The van der Waals surface area contributed by atoms with E-state index in [-0.39, 0.29) is 0 Å². The van der Waals surface area contributed by atoms with Crippen LogP contribution < -0.4 is 4.90 Å². The summed E-state index contributed by atoms with van der Waals surface area (Å²) in [4.78, 5) is 1.84. The van der Waals surface area contributed by atoms with E-state index in [2.05, 4.69) is 50.5 Å². The first-order chi connectivity index (χ1) is 8.76. The van der Waals surface area contributed by atoms with Gasteiger partial charge in [-0.25, -0.2) is 0 Å². The summed E-state index contributed by atoms with van der Waals surface area (Å²) in [6.45, 7) is 15.3. The Morgan fingerprint density at radius 1 is 0.611 bits per heavy atom. The Bertz CT molecular complexity index is 88.3. The van der Waals surface area contributed by atoms with Gasteiger partial charge in [0, 0.05) is 0 Å². The van der Waals surface area contributed by atoms with Crippen molar-refractivity contribution >= 4 is 15.9 Å². The van der Waals surface area contributed by atoms with Crippen molar-refractivity contribution in [1.29, 1.82) is 0 Å². The number of nitrogens with one attached hydrogen (secondary N) is 1. The van der Waals surface area contributed by atoms with Gasteiger partial charge in [-0.1, -0.05) is 76.2 Å². The maximum absolute atomic E-state index is 2.94. The van der Waals surface area contributed by atoms with E-state index in [0.717, 1.165) is 0 Å². The van der Waals surface area contributed by atoms with Gasteiger partial charge in [0.15, 0.2) is 0 Å². The number of hydrogen-bond donors (Lipinski definition) is 1. The lowest BCUT2D eigenvalue weighted by atomic mass is 10.2. The second-order valence-corrected chi connectivity index (χ2v) is 4.77. The Kier molecular flexibility index (Phi) is 34.1. The van der Waals surface area contributed by atoms with Crippen LogP contribution in [0.1, 0.15) is 79.6 Å². The van der Waals surface area contributed by atoms with Gasteiger partial charge in [0.1, 0.15) is 0 Å². The summed E-state index contributed by atoms with van der Waals surface area (Å²) in [6.07, 6.45) is 9.51. The van der Waals surface area contributed by atoms with E-state index >= 15 is 0 Å². The third-order valence-electron chi connectivity index (χ3n) is 2.65. The van der Waals surface area contributed by atoms with Crippen molar-refractivity contribution < 1.29 is 4.90 Å². The number of hydrogen-bond acceptors (Lipinski definition) is 0. The molecule has 0 aromatic rings. The van der Waals surface area contributed by atoms with Crippen molar-refractivity contribution in [3.63, 3.8) is 0 Å². The number of halogens is 1. The molecule has 0 aliphatic carbocycles. The van der Waals surface area contributed by atoms with Crippen molar-refractivity contribution in [2.45, 2.75) is 79.6 Å². The summed E-state index contributed by atoms with van der Waals surface area (Å²) in [6, 6.07) is 0. The highest BCUT2D eigenvalue weighted by molar-refractivity contribution is 9.08. The van der Waals surface area contributed by atoms with Crippen LogP contribution in [0.25, 0.3) is 0 Å². The van der Waals surface area contributed by atoms with Crippen LogP contribution in [-0.2, 0) is 0 Å². The molecule has 0 atom stereocenters. The monoisotopic (exact) mass is 324 g/mol. The maximum atomic E-state index is 2.94. The van der Waals surface area contributed by atoms with Gasteiger partial charge in [0.2, 0.25) is 0 Å². The number of quaternary nitrogens is 1. The normalized spacial score (nSPS) is 9.33. The lowest BCUT2D eigenvalue weighted by Crippen LogP contribution is -3.12. The molecule has 0 rings (SSSR count). The molecule has 0 aliphatic heterocycles. The van der Waals surface area contributed by atoms with Gasteiger partial charge < -0.3 is 4.90 Å². The topological polar surface area (TPSA) is 4.44 Å². The van der Waals surface area contributed by atoms with E-state index in [9.17, 15) is 0 Å². The Morgan fingerprint density at radius 3 is 1.00 bits per heavy atom. The van der Waals surface area contributed by atoms with Gasteiger partial charge in [-0.3, -0.25) is 0 Å². The first kappa shape index (κ1) is 23.5. The highest BCUT2D eigenvalue weighted by Gasteiger charge is 2.05. The zero-order chi connectivity index (χ0) is 14.6. The molecule has 0 saturated heterocycles. The predicted octanol–water partition coefficient (Wildman–Crippen LogP) is 4.70. The van der Waals surface area contributed by atoms with E-state index in [1.807, 2.05) is 10.7 Å². The van der Waals surface area contributed by atoms with E-state index < -0.39 is 0 Å². The maximum Gasteiger partial charge on any atom is 0.0770 e. The molecule has 0 heterocycles. The van der Waals surface area contributed by atoms with Gasteiger partial charge in [0.25, 0.3) is 0 Å². The molecule has 2 heteroatoms. The highest BCUT2D eigenvalue weighted by Crippen LogP contribution is 1.85. The Balaban J connectivity index is -0.000000389. The molecule has 0 radical (unpaired) electrons. The van der Waals surface area contributed by atoms with E-state index in [0.29, 0.717) is 0 Å². The molecular weight excluding hydrogens is 286 g/mol. The standard InChI is InChI=1S/C12H27N.C3H8.CH3Br/c1-4-7-10-13(11-8-5-2)12-9-6-3;1-3-2;1-2/h4-12H2,1-3H3;3H2,1-2H3;1H3/p+1. The summed E-state index contributed by atoms with van der Waals surface area (Å²) in [5.74, 6) is 1.81. The van der Waals surface area contributed by atoms with Crippen LogP contribution in [0.15, 0.2) is 0 Å². The molecule has 1 nitrogen and oxygen atoms in total. The molecule has 0 amide bonds. The lowest BCUT2D eigenvalue weighted by molar-refractivity contribution is -0.900. The molecule has 0 spiro atoms. The Hall–Kier alpha value is 0.440. The largest absolute Gasteiger partial charge is 0.335 e. The second kappa shape index (κ2) is 26.1. The van der Waals surface area contributed by atoms with Crippen molar-refractivity contribution in [1.82, 2.24) is 0 Å². The van der Waals surface area contributed by atoms with Gasteiger partial charge in [-0.15, -0.1) is 0 Å². The van der Waals surface area contributed by atoms with Crippen LogP contribution in [0.4, 0.5) is 0 Å². The predicted molar refractivity (Wildman–Crippen MR) is 91.1 cm³/mol. The Morgan fingerprint density at radius 2 is 0.833 bits per heavy atom. The molecule has 0 unspecified atom stereocenters. The van der Waals surface area contributed by atoms with E-state index in [4.69, 9.17) is 0 Å². The van der Waals surface area contributed by atoms with Gasteiger partial charge >= 0.3 is 0 Å². The number of unbranched alkanes of at least 4 members (excludes halogenated alkanes) is 3. The highest BCUT2D eigenvalue weighted by atomic mass is 79.9. The van der Waals surface area contributed by atoms with Crippen molar-refractivity contribution in [2.75, 3.05) is 25.5 Å². The minimum absolute atomic E-state index is 1.25. The minimum atomic E-state index is 1.25. The molecule has 18 heavy (non-hydrogen) atoms. The summed E-state index contributed by atoms with van der Waals surface area (Å²) in [5.41, 5.74) is 0. The van der Waals surface area contributed by atoms with Crippen molar-refractivity contribution in [3.8, 4) is 0 Å². The van der Waals surface area contributed by atoms with Crippen LogP contribution in [0.3, 0.4) is 0 Å². The Labute approximate surface area is 126 Å². The zero-order valence-corrected chi connectivity index (χ0v) is 15.5. The minimum Gasteiger partial charge on any atom is -0.335 e. The molecule has 0 aromatic carbocycles. The third kappa shape index (κ3) is 25.3. The SMILES string of the molecule is CBr.CCC.CCCC[NH+](CCCC)CCCC. The summed E-state index contributed by atoms with van der Waals surface area (Å²) < 4.78 is 0. The van der Waals surface area contributed by atoms with Crippen LogP contribution >= 0.6 is 15.9 Å². The average Bonchev–Trinajstić information content (AvgIpc) is 2.41. The van der Waals surface area contributed by atoms with Gasteiger partial charge in [0.05, 0.1) is 19.6 Å². The van der Waals surface area contributed by atoms with Crippen LogP contribution in [0.2, 0.25) is 0 Å². The summed E-state index contributed by atoms with van der Waals surface area (Å²) >= 11 is 2.94. The summed E-state index contributed by atoms with van der Waals surface area (Å²) in [7, 11) is 0. The van der Waals surface area contributed by atoms with Gasteiger partial charge in [-0.2, -0.15) is 0 Å². The first-order valence-corrected chi connectivity index (χ1v) is 9.56. The van der Waals surface area contributed by atoms with Crippen LogP contribution in [0.5, 0.6) is 0 Å². The number of alkyl halides is 1. The fraction of sp³-hybridized carbons (Fsp3) is 1.00. The van der Waals surface area contributed by atoms with Crippen LogP contribution in [0, 0.1) is 0 Å². The third-order valence-corrected chi connectivity index (χ3v) is 2.65. The van der Waals surface area contributed by atoms with Crippen molar-refractivity contribution in [2.24, 2.45) is 0 Å². The molecule has 0 fully saturated rings. The van der Waals surface area contributed by atoms with E-state index in [1.54, 1.807) is 0 Å². The quantitative estimate of drug-likeness (QED) is 0.586. The smallest absolute Gasteiger partial charge is 0.0770 e. The second-order valence-electron chi connectivity index (χ2n) is 4.77. The molecule has 0 aliphatic rings. The van der Waals surface area contributed by atoms with Crippen LogP contribution in [-0.4, -0.2) is 25.5 Å². The molecule has 1 N–H and O–H groups in total. The molecular formula is C16H39BrN+. The zero-order valence-electron chi connectivity index (χ0n) is 13.9. The molecule has 0 bridgehead atoms. The first-order valence-electron chi connectivity index (χ1n) is 7.97. The summed E-state index contributed by atoms with van der Waals surface area (Å²) in [5, 5.41) is 0. The van der Waals surface area contributed by atoms with Crippen molar-refractivity contribution in [3.05, 3.63) is 0 Å². The molecule has 114 valence electrons. The fourth-order valence-electron chi connectivity index (χ4n) is 1.66. The number of rotatable bonds is 9. The van der Waals surface area contributed by atoms with Gasteiger partial charge in [-0.05, 0) is 25.1 Å². The average molecular weight is 325 g/mol. The lowest BCUT2D eigenvalue weighted by Gasteiger charge is -2.18. The molecule has 0 aromatic heterocycles.